The lowest BCUT2D eigenvalue weighted by molar-refractivity contribution is -0.120. The molecular weight excluding hydrogens is 358 g/mol. The lowest BCUT2D eigenvalue weighted by Gasteiger charge is -2.08. The number of hydrogen-bond donors (Lipinski definition) is 2. The van der Waals surface area contributed by atoms with Crippen molar-refractivity contribution in [2.24, 2.45) is 5.10 Å². The molecule has 1 amide bonds. The van der Waals surface area contributed by atoms with Gasteiger partial charge in [0.25, 0.3) is 0 Å². The summed E-state index contributed by atoms with van der Waals surface area (Å²) in [6.45, 7) is 0. The summed E-state index contributed by atoms with van der Waals surface area (Å²) in [7, 11) is 0. The summed E-state index contributed by atoms with van der Waals surface area (Å²) in [5.74, 6) is -0.143. The number of benzene rings is 4. The van der Waals surface area contributed by atoms with Crippen LogP contribution < -0.4 is 5.43 Å². The van der Waals surface area contributed by atoms with Crippen LogP contribution in [0.25, 0.3) is 32.4 Å². The van der Waals surface area contributed by atoms with E-state index in [-0.39, 0.29) is 12.3 Å². The van der Waals surface area contributed by atoms with Gasteiger partial charge in [-0.3, -0.25) is 4.79 Å². The number of hydrazone groups is 1. The number of hydrogen-bond acceptors (Lipinski definition) is 2. The van der Waals surface area contributed by atoms with Crippen LogP contribution in [0.2, 0.25) is 0 Å². The molecular formula is C25H19N3O. The molecule has 0 aliphatic rings. The van der Waals surface area contributed by atoms with E-state index in [1.165, 1.54) is 0 Å². The predicted molar refractivity (Wildman–Crippen MR) is 119 cm³/mol. The zero-order valence-corrected chi connectivity index (χ0v) is 15.7. The molecule has 0 fully saturated rings. The van der Waals surface area contributed by atoms with E-state index in [9.17, 15) is 4.79 Å². The molecule has 5 rings (SSSR count). The van der Waals surface area contributed by atoms with Gasteiger partial charge in [-0.05, 0) is 39.2 Å². The summed E-state index contributed by atoms with van der Waals surface area (Å²) in [5, 5.41) is 9.85. The largest absolute Gasteiger partial charge is 0.361 e. The lowest BCUT2D eigenvalue weighted by atomic mass is 9.97. The van der Waals surface area contributed by atoms with Crippen molar-refractivity contribution in [2.75, 3.05) is 0 Å². The monoisotopic (exact) mass is 377 g/mol. The van der Waals surface area contributed by atoms with Gasteiger partial charge in [-0.1, -0.05) is 66.7 Å². The van der Waals surface area contributed by atoms with Crippen LogP contribution in [0.5, 0.6) is 0 Å². The van der Waals surface area contributed by atoms with Gasteiger partial charge < -0.3 is 4.98 Å². The van der Waals surface area contributed by atoms with Crippen molar-refractivity contribution in [1.29, 1.82) is 0 Å². The third kappa shape index (κ3) is 3.25. The van der Waals surface area contributed by atoms with Gasteiger partial charge in [0.1, 0.15) is 0 Å². The Morgan fingerprint density at radius 3 is 2.21 bits per heavy atom. The molecule has 5 aromatic rings. The molecule has 140 valence electrons. The number of nitrogens with one attached hydrogen (secondary N) is 2. The second kappa shape index (κ2) is 7.24. The first kappa shape index (κ1) is 17.2. The van der Waals surface area contributed by atoms with Gasteiger partial charge in [-0.25, -0.2) is 5.43 Å². The van der Waals surface area contributed by atoms with Crippen molar-refractivity contribution in [2.45, 2.75) is 6.42 Å². The van der Waals surface area contributed by atoms with E-state index in [1.54, 1.807) is 6.21 Å². The molecule has 2 N–H and O–H groups in total. The number of aromatic nitrogens is 1. The summed E-state index contributed by atoms with van der Waals surface area (Å²) in [4.78, 5) is 15.6. The first-order valence-corrected chi connectivity index (χ1v) is 9.57. The highest BCUT2D eigenvalue weighted by molar-refractivity contribution is 6.13. The Kier molecular flexibility index (Phi) is 4.30. The fourth-order valence-corrected chi connectivity index (χ4v) is 3.85. The molecule has 0 bridgehead atoms. The number of carbonyl (C=O) groups excluding carboxylic acids is 1. The summed E-state index contributed by atoms with van der Waals surface area (Å²) in [5.41, 5.74) is 5.68. The van der Waals surface area contributed by atoms with Gasteiger partial charge in [0.15, 0.2) is 0 Å². The third-order valence-electron chi connectivity index (χ3n) is 5.22. The van der Waals surface area contributed by atoms with Crippen molar-refractivity contribution in [3.8, 4) is 0 Å². The average molecular weight is 377 g/mol. The van der Waals surface area contributed by atoms with Gasteiger partial charge >= 0.3 is 0 Å². The molecule has 1 aromatic heterocycles. The number of H-pyrrole nitrogens is 1. The van der Waals surface area contributed by atoms with Crippen molar-refractivity contribution in [1.82, 2.24) is 10.4 Å². The number of fused-ring (bicyclic) bond motifs is 3. The highest BCUT2D eigenvalue weighted by Gasteiger charge is 2.09. The molecule has 1 heterocycles. The van der Waals surface area contributed by atoms with Crippen molar-refractivity contribution < 1.29 is 4.79 Å². The first-order chi connectivity index (χ1) is 14.3. The zero-order chi connectivity index (χ0) is 19.6. The maximum Gasteiger partial charge on any atom is 0.244 e. The van der Waals surface area contributed by atoms with Crippen LogP contribution >= 0.6 is 0 Å². The summed E-state index contributed by atoms with van der Waals surface area (Å²) in [6.07, 6.45) is 3.90. The van der Waals surface area contributed by atoms with Crippen LogP contribution in [0.3, 0.4) is 0 Å². The van der Waals surface area contributed by atoms with E-state index in [1.807, 2.05) is 54.7 Å². The van der Waals surface area contributed by atoms with Crippen molar-refractivity contribution >= 4 is 44.6 Å². The van der Waals surface area contributed by atoms with Gasteiger partial charge in [0, 0.05) is 22.7 Å². The van der Waals surface area contributed by atoms with E-state index in [0.717, 1.165) is 43.6 Å². The second-order valence-electron chi connectivity index (χ2n) is 7.06. The molecule has 0 saturated carbocycles. The van der Waals surface area contributed by atoms with Crippen molar-refractivity contribution in [3.63, 3.8) is 0 Å². The minimum atomic E-state index is -0.143. The van der Waals surface area contributed by atoms with Gasteiger partial charge in [-0.2, -0.15) is 5.10 Å². The van der Waals surface area contributed by atoms with Crippen LogP contribution in [0, 0.1) is 0 Å². The normalized spacial score (nSPS) is 11.6. The quantitative estimate of drug-likeness (QED) is 0.253. The van der Waals surface area contributed by atoms with E-state index in [2.05, 4.69) is 45.8 Å². The Bertz CT molecular complexity index is 1330. The number of nitrogens with zero attached hydrogens (tertiary/aromatic N) is 1. The topological polar surface area (TPSA) is 57.2 Å². The smallest absolute Gasteiger partial charge is 0.244 e. The second-order valence-corrected chi connectivity index (χ2v) is 7.06. The first-order valence-electron chi connectivity index (χ1n) is 9.57. The average Bonchev–Trinajstić information content (AvgIpc) is 3.16. The highest BCUT2D eigenvalue weighted by atomic mass is 16.2. The molecule has 0 saturated heterocycles. The molecule has 0 radical (unpaired) electrons. The fourth-order valence-electron chi connectivity index (χ4n) is 3.85. The van der Waals surface area contributed by atoms with E-state index < -0.39 is 0 Å². The van der Waals surface area contributed by atoms with Crippen LogP contribution in [0.15, 0.2) is 90.2 Å². The molecule has 0 unspecified atom stereocenters. The molecule has 29 heavy (non-hydrogen) atoms. The minimum absolute atomic E-state index is 0.143. The molecule has 0 aliphatic carbocycles. The van der Waals surface area contributed by atoms with Crippen LogP contribution in [-0.4, -0.2) is 17.1 Å². The summed E-state index contributed by atoms with van der Waals surface area (Å²) in [6, 6.07) is 26.6. The maximum absolute atomic E-state index is 12.4. The number of para-hydroxylation sites is 1. The Morgan fingerprint density at radius 1 is 0.862 bits per heavy atom. The molecule has 4 aromatic carbocycles. The molecule has 0 aliphatic heterocycles. The number of rotatable bonds is 4. The third-order valence-corrected chi connectivity index (χ3v) is 5.22. The zero-order valence-electron chi connectivity index (χ0n) is 15.7. The van der Waals surface area contributed by atoms with Crippen molar-refractivity contribution in [3.05, 3.63) is 96.2 Å². The van der Waals surface area contributed by atoms with E-state index in [4.69, 9.17) is 0 Å². The Balaban J connectivity index is 1.42. The Morgan fingerprint density at radius 2 is 1.48 bits per heavy atom. The number of aromatic amines is 1. The predicted octanol–water partition coefficient (Wildman–Crippen LogP) is 5.17. The van der Waals surface area contributed by atoms with E-state index >= 15 is 0 Å². The Labute approximate surface area is 167 Å². The fraction of sp³-hybridized carbons (Fsp3) is 0.0400. The van der Waals surface area contributed by atoms with E-state index in [0.29, 0.717) is 0 Å². The minimum Gasteiger partial charge on any atom is -0.361 e. The summed E-state index contributed by atoms with van der Waals surface area (Å²) < 4.78 is 0. The van der Waals surface area contributed by atoms with Crippen LogP contribution in [0.4, 0.5) is 0 Å². The summed E-state index contributed by atoms with van der Waals surface area (Å²) >= 11 is 0. The number of amides is 1. The van der Waals surface area contributed by atoms with Gasteiger partial charge in [0.05, 0.1) is 12.6 Å². The van der Waals surface area contributed by atoms with Gasteiger partial charge in [0.2, 0.25) is 5.91 Å². The molecule has 0 spiro atoms. The van der Waals surface area contributed by atoms with Crippen LogP contribution in [0.1, 0.15) is 11.1 Å². The molecule has 4 nitrogen and oxygen atoms in total. The van der Waals surface area contributed by atoms with Crippen LogP contribution in [-0.2, 0) is 11.2 Å². The maximum atomic E-state index is 12.4. The highest BCUT2D eigenvalue weighted by Crippen LogP contribution is 2.27. The lowest BCUT2D eigenvalue weighted by Crippen LogP contribution is -2.19. The molecule has 0 atom stereocenters. The molecule has 4 heteroatoms. The standard InChI is InChI=1S/C25H19N3O/c29-25(14-19-15-26-24-12-6-5-11-22(19)24)28-27-16-23-20-9-3-1-7-17(20)13-18-8-2-4-10-21(18)23/h1-13,15-16,26H,14H2,(H,28,29)/b27-16-. The van der Waals surface area contributed by atoms with Gasteiger partial charge in [-0.15, -0.1) is 0 Å². The number of carbonyl (C=O) groups is 1. The SMILES string of the molecule is O=C(Cc1c[nH]c2ccccc12)N/N=C\c1c2ccccc2cc2ccccc12. The Hall–Kier alpha value is -3.92.